The van der Waals surface area contributed by atoms with Crippen LogP contribution >= 0.6 is 0 Å². The van der Waals surface area contributed by atoms with Crippen molar-refractivity contribution in [1.82, 2.24) is 0 Å². The van der Waals surface area contributed by atoms with Crippen molar-refractivity contribution in [3.05, 3.63) is 87.6 Å². The Bertz CT molecular complexity index is 1330. The molecule has 4 rings (SSSR count). The van der Waals surface area contributed by atoms with Gasteiger partial charge in [0.25, 0.3) is 0 Å². The molecule has 0 radical (unpaired) electrons. The first kappa shape index (κ1) is 28.4. The van der Waals surface area contributed by atoms with E-state index in [1.54, 1.807) is 0 Å². The van der Waals surface area contributed by atoms with Gasteiger partial charge in [0.05, 0.1) is 6.61 Å². The third kappa shape index (κ3) is 3.48. The van der Waals surface area contributed by atoms with Crippen molar-refractivity contribution in [3.63, 3.8) is 0 Å². The summed E-state index contributed by atoms with van der Waals surface area (Å²) in [7, 11) is 0. The maximum Gasteiger partial charge on any atom is 0.306 e. The normalized spacial score (nSPS) is 32.6. The molecular weight excluding hydrogens is 464 g/mol. The molecule has 0 aliphatic heterocycles. The highest BCUT2D eigenvalue weighted by molar-refractivity contribution is 5.88. The van der Waals surface area contributed by atoms with Gasteiger partial charge in [0.15, 0.2) is 0 Å². The first-order chi connectivity index (χ1) is 17.6. The standard InChI is InChI=1S/C36H48O2/c1-14-38-30(37)18-16-28-15-17-29-24(7)35(12)27(10)34(11)19-21(4)31(20(2)3)25(8)36(34,13)26(9)33(35)23(6)32(29)22(28)5/h15,17,24,27H,2,6,8,14,16,18-19H2,1,3-5,7,9-13H3/t24-,27+,34+,35-,36-/m1/s1. The molecule has 0 saturated carbocycles. The zero-order valence-corrected chi connectivity index (χ0v) is 25.6. The summed E-state index contributed by atoms with van der Waals surface area (Å²) in [6, 6.07) is 4.54. The van der Waals surface area contributed by atoms with Crippen molar-refractivity contribution in [1.29, 1.82) is 0 Å². The minimum absolute atomic E-state index is 0.0239. The fourth-order valence-electron chi connectivity index (χ4n) is 8.93. The van der Waals surface area contributed by atoms with Crippen molar-refractivity contribution in [3.8, 4) is 0 Å². The lowest BCUT2D eigenvalue weighted by molar-refractivity contribution is -0.143. The SMILES string of the molecule is C=C(C)C1=C(C)C[C@@]2(C)[C@H](C)[C@]3(C)C(=C(C)[C@@]2(C)C1=C)C(=C)c1c(ccc(CCC(=O)OCC)c1C)[C@H]3C. The number of allylic oxidation sites excluding steroid dienone is 7. The minimum atomic E-state index is -0.190. The molecule has 3 aliphatic rings. The molecular formula is C36H48O2. The maximum absolute atomic E-state index is 12.1. The number of esters is 1. The summed E-state index contributed by atoms with van der Waals surface area (Å²) in [6.07, 6.45) is 2.13. The van der Waals surface area contributed by atoms with E-state index in [-0.39, 0.29) is 22.2 Å². The Hall–Kier alpha value is -2.61. The van der Waals surface area contributed by atoms with Gasteiger partial charge >= 0.3 is 5.97 Å². The minimum Gasteiger partial charge on any atom is -0.466 e. The zero-order valence-electron chi connectivity index (χ0n) is 25.6. The molecule has 1 aromatic carbocycles. The van der Waals surface area contributed by atoms with Gasteiger partial charge in [-0.05, 0) is 109 Å². The van der Waals surface area contributed by atoms with Gasteiger partial charge < -0.3 is 4.74 Å². The lowest BCUT2D eigenvalue weighted by Crippen LogP contribution is -2.58. The Kier molecular flexibility index (Phi) is 6.91. The molecule has 5 atom stereocenters. The lowest BCUT2D eigenvalue weighted by Gasteiger charge is -2.67. The van der Waals surface area contributed by atoms with Gasteiger partial charge in [0, 0.05) is 17.3 Å². The molecule has 38 heavy (non-hydrogen) atoms. The van der Waals surface area contributed by atoms with E-state index in [9.17, 15) is 4.79 Å². The van der Waals surface area contributed by atoms with Crippen LogP contribution in [-0.4, -0.2) is 12.6 Å². The fraction of sp³-hybridized carbons (Fsp3) is 0.528. The van der Waals surface area contributed by atoms with Crippen LogP contribution in [0, 0.1) is 29.1 Å². The number of aryl methyl sites for hydroxylation is 1. The molecule has 204 valence electrons. The molecule has 0 unspecified atom stereocenters. The quantitative estimate of drug-likeness (QED) is 0.367. The number of hydrogen-bond acceptors (Lipinski definition) is 2. The highest BCUT2D eigenvalue weighted by Crippen LogP contribution is 2.74. The van der Waals surface area contributed by atoms with Gasteiger partial charge in [-0.15, -0.1) is 0 Å². The summed E-state index contributed by atoms with van der Waals surface area (Å²) in [5, 5.41) is 0. The van der Waals surface area contributed by atoms with Crippen LogP contribution in [0.15, 0.2) is 65.3 Å². The Labute approximate surface area is 231 Å². The van der Waals surface area contributed by atoms with Crippen LogP contribution in [-0.2, 0) is 16.0 Å². The van der Waals surface area contributed by atoms with Gasteiger partial charge in [-0.3, -0.25) is 4.79 Å². The van der Waals surface area contributed by atoms with E-state index in [0.717, 1.165) is 17.6 Å². The van der Waals surface area contributed by atoms with E-state index in [1.807, 2.05) is 6.92 Å². The summed E-state index contributed by atoms with van der Waals surface area (Å²) < 4.78 is 5.20. The Balaban J connectivity index is 1.94. The molecule has 3 aliphatic carbocycles. The van der Waals surface area contributed by atoms with Crippen molar-refractivity contribution >= 4 is 11.5 Å². The second-order valence-corrected chi connectivity index (χ2v) is 13.0. The van der Waals surface area contributed by atoms with E-state index >= 15 is 0 Å². The number of ether oxygens (including phenoxy) is 1. The van der Waals surface area contributed by atoms with Gasteiger partial charge in [0.2, 0.25) is 0 Å². The van der Waals surface area contributed by atoms with Crippen molar-refractivity contribution in [2.75, 3.05) is 6.61 Å². The number of carbonyl (C=O) groups is 1. The molecule has 0 aromatic heterocycles. The first-order valence-electron chi connectivity index (χ1n) is 14.3. The maximum atomic E-state index is 12.1. The van der Waals surface area contributed by atoms with Crippen LogP contribution in [0.3, 0.4) is 0 Å². The summed E-state index contributed by atoms with van der Waals surface area (Å²) in [5.41, 5.74) is 13.9. The summed E-state index contributed by atoms with van der Waals surface area (Å²) in [6.45, 7) is 37.5. The highest BCUT2D eigenvalue weighted by atomic mass is 16.5. The van der Waals surface area contributed by atoms with Gasteiger partial charge in [0.1, 0.15) is 0 Å². The predicted molar refractivity (Wildman–Crippen MR) is 161 cm³/mol. The summed E-state index contributed by atoms with van der Waals surface area (Å²) in [5.74, 6) is 0.603. The van der Waals surface area contributed by atoms with Gasteiger partial charge in [-0.25, -0.2) is 0 Å². The fourth-order valence-corrected chi connectivity index (χ4v) is 8.93. The molecule has 0 N–H and O–H groups in total. The molecule has 1 aromatic rings. The van der Waals surface area contributed by atoms with E-state index in [2.05, 4.69) is 81.0 Å². The monoisotopic (exact) mass is 512 g/mol. The van der Waals surface area contributed by atoms with Crippen LogP contribution < -0.4 is 0 Å². The Morgan fingerprint density at radius 2 is 1.74 bits per heavy atom. The van der Waals surface area contributed by atoms with Gasteiger partial charge in [-0.2, -0.15) is 0 Å². The number of hydrogen-bond donors (Lipinski definition) is 0. The molecule has 0 bridgehead atoms. The Morgan fingerprint density at radius 1 is 1.11 bits per heavy atom. The van der Waals surface area contributed by atoms with E-state index in [4.69, 9.17) is 17.9 Å². The van der Waals surface area contributed by atoms with E-state index < -0.39 is 0 Å². The van der Waals surface area contributed by atoms with Gasteiger partial charge in [-0.1, -0.05) is 83.2 Å². The third-order valence-corrected chi connectivity index (χ3v) is 11.5. The molecule has 0 spiro atoms. The summed E-state index contributed by atoms with van der Waals surface area (Å²) >= 11 is 0. The smallest absolute Gasteiger partial charge is 0.306 e. The van der Waals surface area contributed by atoms with Crippen molar-refractivity contribution in [2.45, 2.75) is 94.4 Å². The second-order valence-electron chi connectivity index (χ2n) is 13.0. The number of fused-ring (bicyclic) bond motifs is 3. The zero-order chi connectivity index (χ0) is 28.5. The molecule has 0 amide bonds. The second kappa shape index (κ2) is 9.25. The topological polar surface area (TPSA) is 26.3 Å². The highest BCUT2D eigenvalue weighted by Gasteiger charge is 2.64. The number of benzene rings is 1. The van der Waals surface area contributed by atoms with Crippen molar-refractivity contribution < 1.29 is 9.53 Å². The molecule has 0 fully saturated rings. The predicted octanol–water partition coefficient (Wildman–Crippen LogP) is 9.46. The van der Waals surface area contributed by atoms with Crippen LogP contribution in [0.1, 0.15) is 103 Å². The largest absolute Gasteiger partial charge is 0.466 e. The molecule has 0 heterocycles. The molecule has 2 nitrogen and oxygen atoms in total. The lowest BCUT2D eigenvalue weighted by atomic mass is 9.37. The first-order valence-corrected chi connectivity index (χ1v) is 14.3. The van der Waals surface area contributed by atoms with Crippen LogP contribution in [0.25, 0.3) is 5.57 Å². The average molecular weight is 513 g/mol. The molecule has 2 heteroatoms. The third-order valence-electron chi connectivity index (χ3n) is 11.5. The summed E-state index contributed by atoms with van der Waals surface area (Å²) in [4.78, 5) is 12.1. The van der Waals surface area contributed by atoms with Crippen LogP contribution in [0.2, 0.25) is 0 Å². The number of rotatable bonds is 5. The molecule has 0 saturated heterocycles. The van der Waals surface area contributed by atoms with Crippen molar-refractivity contribution in [2.24, 2.45) is 22.2 Å². The Morgan fingerprint density at radius 3 is 2.32 bits per heavy atom. The van der Waals surface area contributed by atoms with E-state index in [1.165, 1.54) is 50.1 Å². The number of carbonyl (C=O) groups excluding carboxylic acids is 1. The van der Waals surface area contributed by atoms with E-state index in [0.29, 0.717) is 31.3 Å². The van der Waals surface area contributed by atoms with Crippen LogP contribution in [0.5, 0.6) is 0 Å². The van der Waals surface area contributed by atoms with Crippen LogP contribution in [0.4, 0.5) is 0 Å². The average Bonchev–Trinajstić information content (AvgIpc) is 2.83.